The summed E-state index contributed by atoms with van der Waals surface area (Å²) in [5, 5.41) is 6.04. The number of carbonyl (C=O) groups is 1. The van der Waals surface area contributed by atoms with Crippen LogP contribution in [-0.2, 0) is 4.74 Å². The lowest BCUT2D eigenvalue weighted by Gasteiger charge is -2.26. The van der Waals surface area contributed by atoms with Gasteiger partial charge in [0.05, 0.1) is 13.2 Å². The summed E-state index contributed by atoms with van der Waals surface area (Å²) in [6.45, 7) is 10.7. The molecule has 7 heteroatoms. The maximum atomic E-state index is 12.2. The van der Waals surface area contributed by atoms with E-state index in [2.05, 4.69) is 25.5 Å². The van der Waals surface area contributed by atoms with Crippen molar-refractivity contribution in [3.05, 3.63) is 17.5 Å². The Hall–Kier alpha value is -1.73. The summed E-state index contributed by atoms with van der Waals surface area (Å²) in [4.78, 5) is 23.0. The minimum atomic E-state index is -0.162. The van der Waals surface area contributed by atoms with Gasteiger partial charge in [-0.05, 0) is 26.8 Å². The molecule has 22 heavy (non-hydrogen) atoms. The summed E-state index contributed by atoms with van der Waals surface area (Å²) in [5.41, 5.74) is 1.18. The number of hydrogen-bond acceptors (Lipinski definition) is 6. The molecule has 0 aromatic carbocycles. The molecule has 7 nitrogen and oxygen atoms in total. The Morgan fingerprint density at radius 3 is 2.77 bits per heavy atom. The van der Waals surface area contributed by atoms with E-state index in [1.807, 2.05) is 20.8 Å². The van der Waals surface area contributed by atoms with Crippen LogP contribution in [0.1, 0.15) is 30.0 Å². The molecule has 0 saturated carbocycles. The van der Waals surface area contributed by atoms with Gasteiger partial charge in [0.2, 0.25) is 5.95 Å². The van der Waals surface area contributed by atoms with Crippen molar-refractivity contribution in [1.82, 2.24) is 20.2 Å². The SMILES string of the molecule is Cc1cc(C(=O)NCCN2CCOCC2)nc(NC(C)C)n1. The van der Waals surface area contributed by atoms with Crippen molar-refractivity contribution in [1.29, 1.82) is 0 Å². The van der Waals surface area contributed by atoms with Gasteiger partial charge in [-0.25, -0.2) is 9.97 Å². The number of carbonyl (C=O) groups excluding carboxylic acids is 1. The number of nitrogens with zero attached hydrogens (tertiary/aromatic N) is 3. The zero-order chi connectivity index (χ0) is 15.9. The normalized spacial score (nSPS) is 15.8. The van der Waals surface area contributed by atoms with Gasteiger partial charge in [0.25, 0.3) is 5.91 Å². The number of amides is 1. The van der Waals surface area contributed by atoms with E-state index in [-0.39, 0.29) is 11.9 Å². The standard InChI is InChI=1S/C15H25N5O2/c1-11(2)17-15-18-12(3)10-13(19-15)14(21)16-4-5-20-6-8-22-9-7-20/h10-11H,4-9H2,1-3H3,(H,16,21)(H,17,18,19). The molecule has 0 bridgehead atoms. The first-order chi connectivity index (χ1) is 10.5. The minimum absolute atomic E-state index is 0.162. The molecular formula is C15H25N5O2. The second-order valence-corrected chi connectivity index (χ2v) is 5.73. The number of aryl methyl sites for hydroxylation is 1. The predicted molar refractivity (Wildman–Crippen MR) is 85.1 cm³/mol. The van der Waals surface area contributed by atoms with Crippen LogP contribution in [0, 0.1) is 6.92 Å². The van der Waals surface area contributed by atoms with Gasteiger partial charge in [-0.3, -0.25) is 9.69 Å². The molecule has 1 aromatic heterocycles. The number of rotatable bonds is 6. The van der Waals surface area contributed by atoms with Gasteiger partial charge in [-0.1, -0.05) is 0 Å². The maximum Gasteiger partial charge on any atom is 0.270 e. The first kappa shape index (κ1) is 16.6. The van der Waals surface area contributed by atoms with Crippen molar-refractivity contribution in [3.63, 3.8) is 0 Å². The summed E-state index contributed by atoms with van der Waals surface area (Å²) in [7, 11) is 0. The van der Waals surface area contributed by atoms with E-state index in [0.29, 0.717) is 18.2 Å². The molecule has 2 rings (SSSR count). The fourth-order valence-electron chi connectivity index (χ4n) is 2.25. The van der Waals surface area contributed by atoms with Crippen LogP contribution >= 0.6 is 0 Å². The summed E-state index contributed by atoms with van der Waals surface area (Å²) in [6.07, 6.45) is 0. The van der Waals surface area contributed by atoms with Crippen molar-refractivity contribution >= 4 is 11.9 Å². The Balaban J connectivity index is 1.87. The summed E-state index contributed by atoms with van der Waals surface area (Å²) in [6, 6.07) is 1.93. The first-order valence-electron chi connectivity index (χ1n) is 7.75. The zero-order valence-corrected chi connectivity index (χ0v) is 13.6. The Kier molecular flexibility index (Phi) is 6.09. The molecular weight excluding hydrogens is 282 g/mol. The van der Waals surface area contributed by atoms with E-state index >= 15 is 0 Å². The van der Waals surface area contributed by atoms with Crippen molar-refractivity contribution in [2.75, 3.05) is 44.7 Å². The third kappa shape index (κ3) is 5.23. The van der Waals surface area contributed by atoms with Crippen molar-refractivity contribution in [2.45, 2.75) is 26.8 Å². The highest BCUT2D eigenvalue weighted by molar-refractivity contribution is 5.92. The third-order valence-corrected chi connectivity index (χ3v) is 3.32. The monoisotopic (exact) mass is 307 g/mol. The van der Waals surface area contributed by atoms with Gasteiger partial charge in [-0.2, -0.15) is 0 Å². The van der Waals surface area contributed by atoms with Gasteiger partial charge < -0.3 is 15.4 Å². The van der Waals surface area contributed by atoms with Crippen LogP contribution in [0.3, 0.4) is 0 Å². The van der Waals surface area contributed by atoms with Crippen LogP contribution in [0.2, 0.25) is 0 Å². The Labute approximate surface area is 131 Å². The van der Waals surface area contributed by atoms with Gasteiger partial charge in [0.15, 0.2) is 0 Å². The van der Waals surface area contributed by atoms with Crippen LogP contribution in [0.25, 0.3) is 0 Å². The topological polar surface area (TPSA) is 79.4 Å². The number of anilines is 1. The number of aromatic nitrogens is 2. The molecule has 0 unspecified atom stereocenters. The van der Waals surface area contributed by atoms with E-state index < -0.39 is 0 Å². The van der Waals surface area contributed by atoms with E-state index in [9.17, 15) is 4.79 Å². The minimum Gasteiger partial charge on any atom is -0.379 e. The second kappa shape index (κ2) is 8.05. The molecule has 1 aliphatic heterocycles. The molecule has 1 fully saturated rings. The van der Waals surface area contributed by atoms with Crippen LogP contribution in [0.5, 0.6) is 0 Å². The van der Waals surface area contributed by atoms with Crippen LogP contribution in [0.4, 0.5) is 5.95 Å². The van der Waals surface area contributed by atoms with Crippen molar-refractivity contribution < 1.29 is 9.53 Å². The molecule has 1 saturated heterocycles. The lowest BCUT2D eigenvalue weighted by Crippen LogP contribution is -2.41. The Morgan fingerprint density at radius 1 is 1.36 bits per heavy atom. The van der Waals surface area contributed by atoms with Crippen LogP contribution in [-0.4, -0.2) is 66.2 Å². The van der Waals surface area contributed by atoms with Crippen molar-refractivity contribution in [3.8, 4) is 0 Å². The average molecular weight is 307 g/mol. The van der Waals surface area contributed by atoms with Crippen LogP contribution < -0.4 is 10.6 Å². The molecule has 1 aliphatic rings. The number of morpholine rings is 1. The highest BCUT2D eigenvalue weighted by Crippen LogP contribution is 2.06. The lowest BCUT2D eigenvalue weighted by molar-refractivity contribution is 0.0383. The Morgan fingerprint density at radius 2 is 2.09 bits per heavy atom. The molecule has 0 atom stereocenters. The fraction of sp³-hybridized carbons (Fsp3) is 0.667. The summed E-state index contributed by atoms with van der Waals surface area (Å²) < 4.78 is 5.30. The molecule has 0 aliphatic carbocycles. The molecule has 2 N–H and O–H groups in total. The second-order valence-electron chi connectivity index (χ2n) is 5.73. The highest BCUT2D eigenvalue weighted by atomic mass is 16.5. The lowest BCUT2D eigenvalue weighted by atomic mass is 10.3. The molecule has 0 radical (unpaired) electrons. The van der Waals surface area contributed by atoms with Gasteiger partial charge in [0, 0.05) is 37.9 Å². The fourth-order valence-corrected chi connectivity index (χ4v) is 2.25. The molecule has 1 aromatic rings. The smallest absolute Gasteiger partial charge is 0.270 e. The van der Waals surface area contributed by atoms with E-state index in [0.717, 1.165) is 38.5 Å². The van der Waals surface area contributed by atoms with Gasteiger partial charge in [0.1, 0.15) is 5.69 Å². The first-order valence-corrected chi connectivity index (χ1v) is 7.75. The Bertz CT molecular complexity index is 501. The van der Waals surface area contributed by atoms with Gasteiger partial charge >= 0.3 is 0 Å². The van der Waals surface area contributed by atoms with Crippen LogP contribution in [0.15, 0.2) is 6.07 Å². The van der Waals surface area contributed by atoms with E-state index in [1.54, 1.807) is 6.07 Å². The largest absolute Gasteiger partial charge is 0.379 e. The van der Waals surface area contributed by atoms with Crippen molar-refractivity contribution in [2.24, 2.45) is 0 Å². The third-order valence-electron chi connectivity index (χ3n) is 3.32. The number of hydrogen-bond donors (Lipinski definition) is 2. The number of nitrogens with one attached hydrogen (secondary N) is 2. The molecule has 0 spiro atoms. The van der Waals surface area contributed by atoms with E-state index in [4.69, 9.17) is 4.74 Å². The average Bonchev–Trinajstić information content (AvgIpc) is 2.47. The van der Waals surface area contributed by atoms with Gasteiger partial charge in [-0.15, -0.1) is 0 Å². The molecule has 2 heterocycles. The quantitative estimate of drug-likeness (QED) is 0.804. The van der Waals surface area contributed by atoms with E-state index in [1.165, 1.54) is 0 Å². The molecule has 1 amide bonds. The number of ether oxygens (including phenoxy) is 1. The predicted octanol–water partition coefficient (Wildman–Crippen LogP) is 0.667. The maximum absolute atomic E-state index is 12.2. The highest BCUT2D eigenvalue weighted by Gasteiger charge is 2.13. The molecule has 122 valence electrons. The summed E-state index contributed by atoms with van der Waals surface area (Å²) >= 11 is 0. The summed E-state index contributed by atoms with van der Waals surface area (Å²) in [5.74, 6) is 0.332. The zero-order valence-electron chi connectivity index (χ0n) is 13.6.